The number of alkyl halides is 2. The van der Waals surface area contributed by atoms with Crippen molar-refractivity contribution in [3.05, 3.63) is 11.3 Å². The van der Waals surface area contributed by atoms with Crippen LogP contribution in [0, 0.1) is 16.7 Å². The number of aliphatic imine (C=N–C) groups is 1. The summed E-state index contributed by atoms with van der Waals surface area (Å²) in [6.45, 7) is 17.3. The Morgan fingerprint density at radius 3 is 2.27 bits per heavy atom. The number of carboxylic acids is 1. The van der Waals surface area contributed by atoms with Gasteiger partial charge in [0.1, 0.15) is 11.9 Å². The van der Waals surface area contributed by atoms with E-state index in [1.165, 1.54) is 0 Å². The molecule has 2 saturated heterocycles. The van der Waals surface area contributed by atoms with Crippen LogP contribution in [0.15, 0.2) is 16.3 Å². The highest BCUT2D eigenvalue weighted by Crippen LogP contribution is 2.47. The molecule has 3 rings (SSSR count). The fraction of sp³-hybridized carbons (Fsp3) is 0.826. The van der Waals surface area contributed by atoms with Gasteiger partial charge in [-0.05, 0) is 23.3 Å². The molecule has 0 aromatic heterocycles. The summed E-state index contributed by atoms with van der Waals surface area (Å²) in [5.41, 5.74) is 1.85. The number of carbonyl (C=O) groups is 1. The van der Waals surface area contributed by atoms with Gasteiger partial charge in [0.2, 0.25) is 0 Å². The van der Waals surface area contributed by atoms with Crippen molar-refractivity contribution in [2.45, 2.75) is 92.3 Å². The first-order valence-electron chi connectivity index (χ1n) is 11.0. The maximum atomic E-state index is 14.3. The maximum absolute atomic E-state index is 14.3. The van der Waals surface area contributed by atoms with Gasteiger partial charge < -0.3 is 10.0 Å². The third kappa shape index (κ3) is 4.02. The van der Waals surface area contributed by atoms with Crippen LogP contribution < -0.4 is 0 Å². The van der Waals surface area contributed by atoms with Gasteiger partial charge in [-0.25, -0.2) is 8.78 Å². The second kappa shape index (κ2) is 7.28. The van der Waals surface area contributed by atoms with Gasteiger partial charge in [-0.3, -0.25) is 14.7 Å². The van der Waals surface area contributed by atoms with Crippen molar-refractivity contribution in [3.63, 3.8) is 0 Å². The van der Waals surface area contributed by atoms with Crippen LogP contribution in [0.1, 0.15) is 68.2 Å². The highest BCUT2D eigenvalue weighted by atomic mass is 19.3. The van der Waals surface area contributed by atoms with Crippen molar-refractivity contribution in [1.82, 2.24) is 9.80 Å². The highest BCUT2D eigenvalue weighted by Gasteiger charge is 2.54. The Kier molecular flexibility index (Phi) is 5.62. The van der Waals surface area contributed by atoms with E-state index in [-0.39, 0.29) is 28.8 Å². The van der Waals surface area contributed by atoms with Gasteiger partial charge in [0, 0.05) is 24.1 Å². The lowest BCUT2D eigenvalue weighted by Gasteiger charge is -2.45. The van der Waals surface area contributed by atoms with Crippen LogP contribution in [0.25, 0.3) is 0 Å². The van der Waals surface area contributed by atoms with Crippen LogP contribution in [0.2, 0.25) is 0 Å². The topological polar surface area (TPSA) is 56.1 Å². The zero-order valence-corrected chi connectivity index (χ0v) is 19.6. The highest BCUT2D eigenvalue weighted by molar-refractivity contribution is 5.91. The van der Waals surface area contributed by atoms with E-state index in [0.29, 0.717) is 13.0 Å². The van der Waals surface area contributed by atoms with Gasteiger partial charge in [0.25, 0.3) is 5.92 Å². The summed E-state index contributed by atoms with van der Waals surface area (Å²) in [6.07, 6.45) is 0.0173. The zero-order valence-electron chi connectivity index (χ0n) is 19.6. The fourth-order valence-corrected chi connectivity index (χ4v) is 5.25. The normalized spacial score (nSPS) is 30.2. The predicted molar refractivity (Wildman–Crippen MR) is 115 cm³/mol. The van der Waals surface area contributed by atoms with Crippen LogP contribution in [0.5, 0.6) is 0 Å². The average molecular weight is 426 g/mol. The summed E-state index contributed by atoms with van der Waals surface area (Å²) >= 11 is 0. The van der Waals surface area contributed by atoms with Gasteiger partial charge in [-0.15, -0.1) is 0 Å². The Hall–Kier alpha value is -1.50. The predicted octanol–water partition coefficient (Wildman–Crippen LogP) is 4.64. The minimum Gasteiger partial charge on any atom is -0.480 e. The first kappa shape index (κ1) is 23.2. The molecule has 0 amide bonds. The molecule has 0 aromatic rings. The molecule has 30 heavy (non-hydrogen) atoms. The molecule has 3 unspecified atom stereocenters. The Bertz CT molecular complexity index is 774. The minimum absolute atomic E-state index is 0.0648. The Morgan fingerprint density at radius 2 is 1.80 bits per heavy atom. The van der Waals surface area contributed by atoms with Crippen molar-refractivity contribution in [2.75, 3.05) is 13.1 Å². The van der Waals surface area contributed by atoms with E-state index >= 15 is 0 Å². The monoisotopic (exact) mass is 425 g/mol. The zero-order chi connectivity index (χ0) is 22.8. The molecule has 3 aliphatic heterocycles. The van der Waals surface area contributed by atoms with Crippen molar-refractivity contribution in [3.8, 4) is 0 Å². The SMILES string of the molecule is CC(C)C1=C2C(N3CC(F)(F)CC3C(=O)O)CCN2C(C(C)(C)C)=NC1C(C)(C)C. The molecule has 3 aliphatic rings. The summed E-state index contributed by atoms with van der Waals surface area (Å²) in [5, 5.41) is 9.68. The van der Waals surface area contributed by atoms with Gasteiger partial charge in [-0.2, -0.15) is 0 Å². The summed E-state index contributed by atoms with van der Waals surface area (Å²) in [6, 6.07) is -1.55. The number of hydrogen-bond acceptors (Lipinski definition) is 4. The Balaban J connectivity index is 2.17. The number of halogens is 2. The number of aliphatic carboxylic acids is 1. The number of likely N-dealkylation sites (tertiary alicyclic amines) is 1. The smallest absolute Gasteiger partial charge is 0.321 e. The molecular weight excluding hydrogens is 388 g/mol. The van der Waals surface area contributed by atoms with E-state index in [2.05, 4.69) is 60.3 Å². The lowest BCUT2D eigenvalue weighted by atomic mass is 9.75. The van der Waals surface area contributed by atoms with Crippen molar-refractivity contribution in [1.29, 1.82) is 0 Å². The van der Waals surface area contributed by atoms with Crippen molar-refractivity contribution >= 4 is 11.8 Å². The number of hydrogen-bond donors (Lipinski definition) is 1. The standard InChI is InChI=1S/C23H37F2N3O2/c1-13(2)16-17-14(28-12-23(24,25)11-15(28)19(29)30)9-10-27(17)20(22(6,7)8)26-18(16)21(3,4)5/h13-15,18H,9-12H2,1-8H3,(H,29,30). The number of nitrogens with zero attached hydrogens (tertiary/aromatic N) is 3. The Labute approximate surface area is 179 Å². The average Bonchev–Trinajstić information content (AvgIpc) is 3.11. The Morgan fingerprint density at radius 1 is 1.20 bits per heavy atom. The van der Waals surface area contributed by atoms with Gasteiger partial charge in [-0.1, -0.05) is 55.4 Å². The van der Waals surface area contributed by atoms with E-state index in [1.807, 2.05) is 0 Å². The van der Waals surface area contributed by atoms with Crippen LogP contribution in [-0.2, 0) is 4.79 Å². The largest absolute Gasteiger partial charge is 0.480 e. The van der Waals surface area contributed by atoms with Crippen molar-refractivity contribution < 1.29 is 18.7 Å². The fourth-order valence-electron chi connectivity index (χ4n) is 5.25. The molecule has 0 aliphatic carbocycles. The van der Waals surface area contributed by atoms with E-state index in [4.69, 9.17) is 4.99 Å². The molecule has 0 bridgehead atoms. The quantitative estimate of drug-likeness (QED) is 0.716. The molecule has 3 heterocycles. The van der Waals surface area contributed by atoms with E-state index < -0.39 is 30.9 Å². The first-order valence-corrected chi connectivity index (χ1v) is 11.0. The molecular formula is C23H37F2N3O2. The third-order valence-electron chi connectivity index (χ3n) is 6.43. The molecule has 2 fully saturated rings. The molecule has 7 heteroatoms. The van der Waals surface area contributed by atoms with Gasteiger partial charge >= 0.3 is 5.97 Å². The van der Waals surface area contributed by atoms with Crippen LogP contribution >= 0.6 is 0 Å². The van der Waals surface area contributed by atoms with Crippen LogP contribution in [-0.4, -0.2) is 63.8 Å². The lowest BCUT2D eigenvalue weighted by Crippen LogP contribution is -2.50. The molecule has 0 radical (unpaired) electrons. The number of carboxylic acid groups (broad SMARTS) is 1. The summed E-state index contributed by atoms with van der Waals surface area (Å²) in [7, 11) is 0. The molecule has 1 N–H and O–H groups in total. The van der Waals surface area contributed by atoms with Crippen LogP contribution in [0.3, 0.4) is 0 Å². The molecule has 170 valence electrons. The second-order valence-electron chi connectivity index (χ2n) is 11.5. The number of fused-ring (bicyclic) bond motifs is 1. The third-order valence-corrected chi connectivity index (χ3v) is 6.43. The van der Waals surface area contributed by atoms with Gasteiger partial charge in [0.05, 0.1) is 18.6 Å². The summed E-state index contributed by atoms with van der Waals surface area (Å²) in [5.74, 6) is -2.98. The van der Waals surface area contributed by atoms with Crippen LogP contribution in [0.4, 0.5) is 8.78 Å². The van der Waals surface area contributed by atoms with Gasteiger partial charge in [0.15, 0.2) is 0 Å². The molecule has 0 spiro atoms. The molecule has 0 aromatic carbocycles. The lowest BCUT2D eigenvalue weighted by molar-refractivity contribution is -0.142. The molecule has 3 atom stereocenters. The number of amidine groups is 1. The minimum atomic E-state index is -2.98. The summed E-state index contributed by atoms with van der Waals surface area (Å²) < 4.78 is 28.6. The van der Waals surface area contributed by atoms with E-state index in [0.717, 1.165) is 17.1 Å². The van der Waals surface area contributed by atoms with Crippen molar-refractivity contribution in [2.24, 2.45) is 21.7 Å². The van der Waals surface area contributed by atoms with E-state index in [9.17, 15) is 18.7 Å². The first-order chi connectivity index (χ1) is 13.5. The number of rotatable bonds is 3. The molecule has 0 saturated carbocycles. The maximum Gasteiger partial charge on any atom is 0.321 e. The second-order valence-corrected chi connectivity index (χ2v) is 11.5. The summed E-state index contributed by atoms with van der Waals surface area (Å²) in [4.78, 5) is 20.8. The van der Waals surface area contributed by atoms with E-state index in [1.54, 1.807) is 4.90 Å². The molecule has 5 nitrogen and oxygen atoms in total.